The molecule has 11 heteroatoms. The van der Waals surface area contributed by atoms with Crippen LogP contribution in [0, 0.1) is 16.0 Å². The Bertz CT molecular complexity index is 888. The van der Waals surface area contributed by atoms with E-state index in [1.165, 1.54) is 31.4 Å². The molecular weight excluding hydrogens is 384 g/mol. The molecular formula is C18H20N4O7. The van der Waals surface area contributed by atoms with Crippen LogP contribution in [0.15, 0.2) is 24.3 Å². The van der Waals surface area contributed by atoms with Gasteiger partial charge in [0.2, 0.25) is 5.91 Å². The number of hydrogen-bond acceptors (Lipinski definition) is 7. The number of carbonyl (C=O) groups is 3. The van der Waals surface area contributed by atoms with E-state index < -0.39 is 39.9 Å². The molecule has 1 aromatic rings. The summed E-state index contributed by atoms with van der Waals surface area (Å²) < 4.78 is 10.2. The highest BCUT2D eigenvalue weighted by Gasteiger charge is 2.51. The number of nitrogens with zero attached hydrogens (tertiary/aromatic N) is 3. The molecule has 1 aliphatic rings. The lowest BCUT2D eigenvalue weighted by Gasteiger charge is -2.44. The molecule has 2 rings (SSSR count). The molecule has 11 nitrogen and oxygen atoms in total. The molecule has 1 aliphatic heterocycles. The number of rotatable bonds is 9. The van der Waals surface area contributed by atoms with E-state index in [4.69, 9.17) is 15.0 Å². The van der Waals surface area contributed by atoms with Crippen LogP contribution in [0.3, 0.4) is 0 Å². The van der Waals surface area contributed by atoms with Crippen LogP contribution in [0.2, 0.25) is 0 Å². The number of carbonyl (C=O) groups excluding carboxylic acids is 3. The maximum absolute atomic E-state index is 12.4. The minimum Gasteiger partial charge on any atom is -0.452 e. The monoisotopic (exact) mass is 404 g/mol. The smallest absolute Gasteiger partial charge is 0.441 e. The SMILES string of the molecule is COC(C)(C)[C@H]1C(=O)N[C@@H]1CC(=O)C(=[N+]=[N-])C(=O)OCc1ccc([N+](=O)[O-])cc1. The van der Waals surface area contributed by atoms with Crippen LogP contribution in [-0.2, 0) is 30.5 Å². The molecule has 1 fully saturated rings. The predicted molar refractivity (Wildman–Crippen MR) is 97.7 cm³/mol. The van der Waals surface area contributed by atoms with E-state index >= 15 is 0 Å². The highest BCUT2D eigenvalue weighted by Crippen LogP contribution is 2.32. The number of amides is 1. The van der Waals surface area contributed by atoms with Crippen molar-refractivity contribution in [2.45, 2.75) is 38.5 Å². The van der Waals surface area contributed by atoms with Crippen molar-refractivity contribution >= 4 is 29.1 Å². The van der Waals surface area contributed by atoms with Crippen molar-refractivity contribution in [3.63, 3.8) is 0 Å². The Kier molecular flexibility index (Phi) is 6.57. The number of nitro groups is 1. The van der Waals surface area contributed by atoms with Gasteiger partial charge < -0.3 is 20.3 Å². The minimum atomic E-state index is -1.15. The summed E-state index contributed by atoms with van der Waals surface area (Å²) in [6.45, 7) is 3.13. The Morgan fingerprint density at radius 3 is 2.41 bits per heavy atom. The van der Waals surface area contributed by atoms with Gasteiger partial charge in [0.25, 0.3) is 11.5 Å². The van der Waals surface area contributed by atoms with Crippen molar-refractivity contribution in [3.05, 3.63) is 45.5 Å². The maximum atomic E-state index is 12.4. The summed E-state index contributed by atoms with van der Waals surface area (Å²) in [7, 11) is 1.45. The number of β-lactam (4-membered cyclic amide) rings is 1. The summed E-state index contributed by atoms with van der Waals surface area (Å²) in [5, 5.41) is 13.2. The number of nitro benzene ring substituents is 1. The lowest BCUT2D eigenvalue weighted by molar-refractivity contribution is -0.384. The molecule has 0 aromatic heterocycles. The third kappa shape index (κ3) is 4.89. The second kappa shape index (κ2) is 8.72. The largest absolute Gasteiger partial charge is 0.452 e. The van der Waals surface area contributed by atoms with Crippen LogP contribution in [0.5, 0.6) is 0 Å². The van der Waals surface area contributed by atoms with Crippen molar-refractivity contribution in [2.75, 3.05) is 7.11 Å². The van der Waals surface area contributed by atoms with Gasteiger partial charge in [0.1, 0.15) is 6.61 Å². The number of ether oxygens (including phenoxy) is 2. The zero-order valence-corrected chi connectivity index (χ0v) is 16.1. The van der Waals surface area contributed by atoms with E-state index in [-0.39, 0.29) is 24.6 Å². The highest BCUT2D eigenvalue weighted by atomic mass is 16.6. The van der Waals surface area contributed by atoms with Crippen LogP contribution in [-0.4, -0.2) is 51.8 Å². The number of Topliss-reactive ketones (excluding diaryl/α,β-unsaturated/α-hetero) is 1. The molecule has 0 aliphatic carbocycles. The van der Waals surface area contributed by atoms with Gasteiger partial charge in [0.05, 0.1) is 22.5 Å². The van der Waals surface area contributed by atoms with Crippen LogP contribution < -0.4 is 5.32 Å². The molecule has 0 bridgehead atoms. The van der Waals surface area contributed by atoms with E-state index in [0.29, 0.717) is 5.56 Å². The maximum Gasteiger partial charge on any atom is 0.441 e. The number of esters is 1. The predicted octanol–water partition coefficient (Wildman–Crippen LogP) is 0.808. The van der Waals surface area contributed by atoms with Gasteiger partial charge >= 0.3 is 11.7 Å². The van der Waals surface area contributed by atoms with Crippen LogP contribution in [0.4, 0.5) is 5.69 Å². The van der Waals surface area contributed by atoms with Gasteiger partial charge in [0, 0.05) is 25.7 Å². The van der Waals surface area contributed by atoms with E-state index in [1.54, 1.807) is 13.8 Å². The van der Waals surface area contributed by atoms with Crippen molar-refractivity contribution in [1.82, 2.24) is 5.32 Å². The number of non-ortho nitro benzene ring substituents is 1. The zero-order chi connectivity index (χ0) is 21.8. The van der Waals surface area contributed by atoms with Gasteiger partial charge in [-0.25, -0.2) is 4.79 Å². The van der Waals surface area contributed by atoms with Crippen molar-refractivity contribution in [2.24, 2.45) is 5.92 Å². The van der Waals surface area contributed by atoms with Gasteiger partial charge in [-0.1, -0.05) is 0 Å². The Labute approximate surface area is 165 Å². The van der Waals surface area contributed by atoms with Crippen molar-refractivity contribution < 1.29 is 33.6 Å². The van der Waals surface area contributed by atoms with Crippen molar-refractivity contribution in [3.8, 4) is 0 Å². The lowest BCUT2D eigenvalue weighted by atomic mass is 9.75. The van der Waals surface area contributed by atoms with E-state index in [0.717, 1.165) is 0 Å². The van der Waals surface area contributed by atoms with E-state index in [1.807, 2.05) is 0 Å². The first-order chi connectivity index (χ1) is 13.6. The highest BCUT2D eigenvalue weighted by molar-refractivity contribution is 6.62. The Balaban J connectivity index is 1.97. The third-order valence-electron chi connectivity index (χ3n) is 4.77. The van der Waals surface area contributed by atoms with Crippen LogP contribution in [0.25, 0.3) is 5.53 Å². The summed E-state index contributed by atoms with van der Waals surface area (Å²) in [5.41, 5.74) is 7.77. The average molecular weight is 404 g/mol. The first-order valence-corrected chi connectivity index (χ1v) is 8.62. The molecule has 1 N–H and O–H groups in total. The lowest BCUT2D eigenvalue weighted by Crippen LogP contribution is -2.66. The molecule has 1 aromatic carbocycles. The van der Waals surface area contributed by atoms with Gasteiger partial charge in [-0.15, -0.1) is 0 Å². The summed E-state index contributed by atoms with van der Waals surface area (Å²) in [6.07, 6.45) is -0.269. The van der Waals surface area contributed by atoms with Gasteiger partial charge in [-0.05, 0) is 31.5 Å². The quantitative estimate of drug-likeness (QED) is 0.0930. The second-order valence-corrected chi connectivity index (χ2v) is 6.98. The number of hydrogen-bond donors (Lipinski definition) is 1. The minimum absolute atomic E-state index is 0.121. The fourth-order valence-electron chi connectivity index (χ4n) is 2.98. The Morgan fingerprint density at radius 2 is 1.93 bits per heavy atom. The first-order valence-electron chi connectivity index (χ1n) is 8.62. The zero-order valence-electron chi connectivity index (χ0n) is 16.1. The Hall–Kier alpha value is -3.43. The van der Waals surface area contributed by atoms with Crippen molar-refractivity contribution in [1.29, 1.82) is 0 Å². The molecule has 0 spiro atoms. The van der Waals surface area contributed by atoms with Gasteiger partial charge in [-0.2, -0.15) is 4.79 Å². The average Bonchev–Trinajstić information content (AvgIpc) is 2.66. The molecule has 0 unspecified atom stereocenters. The summed E-state index contributed by atoms with van der Waals surface area (Å²) in [4.78, 5) is 49.1. The Morgan fingerprint density at radius 1 is 1.31 bits per heavy atom. The standard InChI is InChI=1S/C18H20N4O7/c1-18(2,28-3)14-12(20-16(14)24)8-13(23)15(21-19)17(25)29-9-10-4-6-11(7-5-10)22(26)27/h4-7,12,14H,8-9H2,1-3H3,(H,20,24)/t12-,14-/m1/s1. The molecule has 1 saturated heterocycles. The fraction of sp³-hybridized carbons (Fsp3) is 0.444. The number of nitrogens with one attached hydrogen (secondary N) is 1. The molecule has 154 valence electrons. The number of ketones is 1. The number of benzene rings is 1. The summed E-state index contributed by atoms with van der Waals surface area (Å²) in [6, 6.07) is 4.69. The third-order valence-corrected chi connectivity index (χ3v) is 4.77. The normalized spacial score (nSPS) is 18.1. The van der Waals surface area contributed by atoms with E-state index in [9.17, 15) is 24.5 Å². The molecule has 29 heavy (non-hydrogen) atoms. The van der Waals surface area contributed by atoms with Gasteiger partial charge in [0.15, 0.2) is 0 Å². The second-order valence-electron chi connectivity index (χ2n) is 6.98. The van der Waals surface area contributed by atoms with Gasteiger partial charge in [-0.3, -0.25) is 19.7 Å². The molecule has 1 heterocycles. The number of methoxy groups -OCH3 is 1. The summed E-state index contributed by atoms with van der Waals surface area (Å²) >= 11 is 0. The van der Waals surface area contributed by atoms with E-state index in [2.05, 4.69) is 10.1 Å². The molecule has 0 saturated carbocycles. The topological polar surface area (TPSA) is 161 Å². The first kappa shape index (κ1) is 21.9. The van der Waals surface area contributed by atoms with Crippen LogP contribution >= 0.6 is 0 Å². The fourth-order valence-corrected chi connectivity index (χ4v) is 2.98. The van der Waals surface area contributed by atoms with Crippen LogP contribution in [0.1, 0.15) is 25.8 Å². The molecule has 1 amide bonds. The molecule has 2 atom stereocenters. The summed E-state index contributed by atoms with van der Waals surface area (Å²) in [5.74, 6) is -2.84. The molecule has 0 radical (unpaired) electrons.